The Morgan fingerprint density at radius 1 is 1.28 bits per heavy atom. The van der Waals surface area contributed by atoms with Gasteiger partial charge in [-0.2, -0.15) is 0 Å². The Hall–Kier alpha value is -2.17. The number of carbonyl (C=O) groups is 3. The Morgan fingerprint density at radius 2 is 1.94 bits per heavy atom. The number of benzene rings is 1. The van der Waals surface area contributed by atoms with Gasteiger partial charge in [0, 0.05) is 17.8 Å². The summed E-state index contributed by atoms with van der Waals surface area (Å²) in [6.45, 7) is 1.91. The van der Waals surface area contributed by atoms with E-state index in [1.807, 2.05) is 0 Å². The Bertz CT molecular complexity index is 493. The lowest BCUT2D eigenvalue weighted by Crippen LogP contribution is -2.24. The van der Waals surface area contributed by atoms with Crippen molar-refractivity contribution in [1.82, 2.24) is 0 Å². The molecule has 5 nitrogen and oxygen atoms in total. The first-order chi connectivity index (χ1) is 8.60. The maximum absolute atomic E-state index is 11.5. The molecule has 2 rings (SSSR count). The van der Waals surface area contributed by atoms with Crippen molar-refractivity contribution in [3.05, 3.63) is 24.3 Å². The van der Waals surface area contributed by atoms with Gasteiger partial charge in [-0.25, -0.2) is 0 Å². The third-order valence-electron chi connectivity index (χ3n) is 2.77. The Labute approximate surface area is 105 Å². The minimum atomic E-state index is -0.176. The fraction of sp³-hybridized carbons (Fsp3) is 0.308. The highest BCUT2D eigenvalue weighted by Gasteiger charge is 2.28. The molecule has 0 spiro atoms. The standard InChI is InChI=1S/C13H14N2O3/c1-2-12(17)14-9-3-5-10(6-4-9)15-8-11(16)7-13(15)18/h3-6H,2,7-8H2,1H3,(H,14,17). The highest BCUT2D eigenvalue weighted by atomic mass is 16.2. The number of anilines is 2. The maximum Gasteiger partial charge on any atom is 0.234 e. The summed E-state index contributed by atoms with van der Waals surface area (Å²) in [5.41, 5.74) is 1.36. The molecule has 18 heavy (non-hydrogen) atoms. The van der Waals surface area contributed by atoms with Crippen molar-refractivity contribution in [1.29, 1.82) is 0 Å². The number of hydrogen-bond donors (Lipinski definition) is 1. The topological polar surface area (TPSA) is 66.5 Å². The van der Waals surface area contributed by atoms with Crippen LogP contribution in [0.3, 0.4) is 0 Å². The molecule has 1 aliphatic rings. The summed E-state index contributed by atoms with van der Waals surface area (Å²) < 4.78 is 0. The van der Waals surface area contributed by atoms with Gasteiger partial charge in [-0.1, -0.05) is 6.92 Å². The predicted octanol–water partition coefficient (Wildman–Crippen LogP) is 1.34. The van der Waals surface area contributed by atoms with Crippen molar-refractivity contribution in [2.24, 2.45) is 0 Å². The summed E-state index contributed by atoms with van der Waals surface area (Å²) in [6, 6.07) is 6.89. The van der Waals surface area contributed by atoms with E-state index in [9.17, 15) is 14.4 Å². The summed E-state index contributed by atoms with van der Waals surface area (Å²) in [5.74, 6) is -0.302. The van der Waals surface area contributed by atoms with Crippen molar-refractivity contribution in [3.8, 4) is 0 Å². The third-order valence-corrected chi connectivity index (χ3v) is 2.77. The second-order valence-electron chi connectivity index (χ2n) is 4.14. The molecular formula is C13H14N2O3. The lowest BCUT2D eigenvalue weighted by Gasteiger charge is -2.15. The Morgan fingerprint density at radius 3 is 2.44 bits per heavy atom. The van der Waals surface area contributed by atoms with E-state index in [-0.39, 0.29) is 30.6 Å². The minimum absolute atomic E-state index is 0.0195. The van der Waals surface area contributed by atoms with Crippen LogP contribution in [0.2, 0.25) is 0 Å². The van der Waals surface area contributed by atoms with Crippen LogP contribution < -0.4 is 10.2 Å². The largest absolute Gasteiger partial charge is 0.326 e. The van der Waals surface area contributed by atoms with Gasteiger partial charge in [0.05, 0.1) is 13.0 Å². The zero-order valence-electron chi connectivity index (χ0n) is 10.1. The number of hydrogen-bond acceptors (Lipinski definition) is 3. The van der Waals surface area contributed by atoms with Crippen LogP contribution in [-0.2, 0) is 14.4 Å². The van der Waals surface area contributed by atoms with Crippen molar-refractivity contribution in [3.63, 3.8) is 0 Å². The van der Waals surface area contributed by atoms with E-state index in [1.54, 1.807) is 31.2 Å². The van der Waals surface area contributed by atoms with Gasteiger partial charge in [-0.3, -0.25) is 14.4 Å². The zero-order chi connectivity index (χ0) is 13.1. The van der Waals surface area contributed by atoms with Crippen LogP contribution in [0, 0.1) is 0 Å². The highest BCUT2D eigenvalue weighted by molar-refractivity contribution is 6.15. The smallest absolute Gasteiger partial charge is 0.234 e. The maximum atomic E-state index is 11.5. The van der Waals surface area contributed by atoms with Crippen LogP contribution in [0.4, 0.5) is 11.4 Å². The molecule has 94 valence electrons. The van der Waals surface area contributed by atoms with E-state index in [1.165, 1.54) is 4.90 Å². The van der Waals surface area contributed by atoms with Crippen LogP contribution >= 0.6 is 0 Å². The number of nitrogens with one attached hydrogen (secondary N) is 1. The predicted molar refractivity (Wildman–Crippen MR) is 67.3 cm³/mol. The first-order valence-electron chi connectivity index (χ1n) is 5.82. The molecule has 0 radical (unpaired) electrons. The molecule has 1 aromatic rings. The molecule has 2 amide bonds. The lowest BCUT2D eigenvalue weighted by atomic mass is 10.2. The monoisotopic (exact) mass is 246 g/mol. The zero-order valence-corrected chi connectivity index (χ0v) is 10.1. The van der Waals surface area contributed by atoms with E-state index < -0.39 is 0 Å². The van der Waals surface area contributed by atoms with Crippen molar-refractivity contribution < 1.29 is 14.4 Å². The number of amides is 2. The highest BCUT2D eigenvalue weighted by Crippen LogP contribution is 2.21. The summed E-state index contributed by atoms with van der Waals surface area (Å²) in [7, 11) is 0. The quantitative estimate of drug-likeness (QED) is 0.818. The summed E-state index contributed by atoms with van der Waals surface area (Å²) >= 11 is 0. The van der Waals surface area contributed by atoms with Crippen LogP contribution in [-0.4, -0.2) is 24.1 Å². The average molecular weight is 246 g/mol. The van der Waals surface area contributed by atoms with E-state index in [0.29, 0.717) is 17.8 Å². The molecule has 0 saturated carbocycles. The molecule has 0 bridgehead atoms. The van der Waals surface area contributed by atoms with Gasteiger partial charge in [0.15, 0.2) is 5.78 Å². The molecule has 1 aliphatic heterocycles. The summed E-state index contributed by atoms with van der Waals surface area (Å²) in [4.78, 5) is 35.3. The van der Waals surface area contributed by atoms with Gasteiger partial charge < -0.3 is 10.2 Å². The molecule has 5 heteroatoms. The van der Waals surface area contributed by atoms with Crippen LogP contribution in [0.5, 0.6) is 0 Å². The summed E-state index contributed by atoms with van der Waals surface area (Å²) in [5, 5.41) is 2.72. The van der Waals surface area contributed by atoms with Gasteiger partial charge in [0.25, 0.3) is 0 Å². The normalized spacial score (nSPS) is 15.1. The lowest BCUT2D eigenvalue weighted by molar-refractivity contribution is -0.121. The van der Waals surface area contributed by atoms with E-state index in [0.717, 1.165) is 0 Å². The van der Waals surface area contributed by atoms with Crippen LogP contribution in [0.25, 0.3) is 0 Å². The number of ketones is 1. The minimum Gasteiger partial charge on any atom is -0.326 e. The van der Waals surface area contributed by atoms with E-state index >= 15 is 0 Å². The second kappa shape index (κ2) is 5.00. The average Bonchev–Trinajstić information content (AvgIpc) is 2.69. The molecule has 1 N–H and O–H groups in total. The van der Waals surface area contributed by atoms with Gasteiger partial charge >= 0.3 is 0 Å². The van der Waals surface area contributed by atoms with Crippen LogP contribution in [0.1, 0.15) is 19.8 Å². The molecular weight excluding hydrogens is 232 g/mol. The molecule has 1 saturated heterocycles. The first-order valence-corrected chi connectivity index (χ1v) is 5.82. The van der Waals surface area contributed by atoms with Crippen molar-refractivity contribution in [2.75, 3.05) is 16.8 Å². The van der Waals surface area contributed by atoms with Crippen molar-refractivity contribution >= 4 is 29.0 Å². The number of Topliss-reactive ketones (excluding diaryl/α,β-unsaturated/α-hetero) is 1. The third kappa shape index (κ3) is 2.56. The fourth-order valence-electron chi connectivity index (χ4n) is 1.79. The number of carbonyl (C=O) groups excluding carboxylic acids is 3. The summed E-state index contributed by atoms with van der Waals surface area (Å²) in [6.07, 6.45) is 0.398. The second-order valence-corrected chi connectivity index (χ2v) is 4.14. The van der Waals surface area contributed by atoms with Crippen molar-refractivity contribution in [2.45, 2.75) is 19.8 Å². The fourth-order valence-corrected chi connectivity index (χ4v) is 1.79. The van der Waals surface area contributed by atoms with Gasteiger partial charge in [-0.05, 0) is 24.3 Å². The Balaban J connectivity index is 2.10. The number of nitrogens with zero attached hydrogens (tertiary/aromatic N) is 1. The first kappa shape index (κ1) is 12.3. The Kier molecular flexibility index (Phi) is 3.41. The molecule has 1 fully saturated rings. The van der Waals surface area contributed by atoms with Gasteiger partial charge in [-0.15, -0.1) is 0 Å². The molecule has 1 aromatic carbocycles. The molecule has 0 aromatic heterocycles. The van der Waals surface area contributed by atoms with Gasteiger partial charge in [0.1, 0.15) is 0 Å². The SMILES string of the molecule is CCC(=O)Nc1ccc(N2CC(=O)CC2=O)cc1. The van der Waals surface area contributed by atoms with E-state index in [2.05, 4.69) is 5.32 Å². The molecule has 1 heterocycles. The van der Waals surface area contributed by atoms with Gasteiger partial charge in [0.2, 0.25) is 11.8 Å². The van der Waals surface area contributed by atoms with Crippen LogP contribution in [0.15, 0.2) is 24.3 Å². The molecule has 0 unspecified atom stereocenters. The molecule has 0 aliphatic carbocycles. The van der Waals surface area contributed by atoms with E-state index in [4.69, 9.17) is 0 Å². The number of rotatable bonds is 3. The molecule has 0 atom stereocenters.